The van der Waals surface area contributed by atoms with Crippen LogP contribution in [0.1, 0.15) is 32.0 Å². The molecule has 1 atom stereocenters. The van der Waals surface area contributed by atoms with Crippen molar-refractivity contribution in [1.29, 1.82) is 0 Å². The Hall–Kier alpha value is -2.86. The van der Waals surface area contributed by atoms with Gasteiger partial charge in [-0.15, -0.1) is 10.2 Å². The molecular weight excluding hydrogens is 388 g/mol. The van der Waals surface area contributed by atoms with Crippen LogP contribution in [0.3, 0.4) is 0 Å². The summed E-state index contributed by atoms with van der Waals surface area (Å²) < 4.78 is 7.88. The van der Waals surface area contributed by atoms with Crippen LogP contribution in [0.25, 0.3) is 11.4 Å². The standard InChI is InChI=1S/C22H23ClN4O2/c1-15(29-19-7-5-6-17(23)14-19)22(28)24-18-11-9-16(10-12-18)21-26-25-20-8-3-2-4-13-27(20)21/h5-7,9-12,14-15H,2-4,8,13H2,1H3,(H,24,28). The third kappa shape index (κ3) is 4.59. The highest BCUT2D eigenvalue weighted by Crippen LogP contribution is 2.24. The third-order valence-corrected chi connectivity index (χ3v) is 5.23. The summed E-state index contributed by atoms with van der Waals surface area (Å²) in [5.41, 5.74) is 1.70. The number of anilines is 1. The first-order chi connectivity index (χ1) is 14.1. The molecule has 2 aromatic carbocycles. The van der Waals surface area contributed by atoms with Gasteiger partial charge in [0.05, 0.1) is 0 Å². The predicted octanol–water partition coefficient (Wildman–Crippen LogP) is 4.73. The van der Waals surface area contributed by atoms with Crippen LogP contribution in [0.2, 0.25) is 5.02 Å². The zero-order valence-corrected chi connectivity index (χ0v) is 17.0. The van der Waals surface area contributed by atoms with E-state index < -0.39 is 6.10 Å². The molecule has 0 bridgehead atoms. The van der Waals surface area contributed by atoms with E-state index >= 15 is 0 Å². The highest BCUT2D eigenvalue weighted by molar-refractivity contribution is 6.30. The van der Waals surface area contributed by atoms with E-state index in [0.29, 0.717) is 16.5 Å². The van der Waals surface area contributed by atoms with E-state index in [2.05, 4.69) is 20.1 Å². The van der Waals surface area contributed by atoms with Crippen molar-refractivity contribution in [3.8, 4) is 17.1 Å². The fourth-order valence-electron chi connectivity index (χ4n) is 3.44. The number of nitrogens with zero attached hydrogens (tertiary/aromatic N) is 3. The van der Waals surface area contributed by atoms with Gasteiger partial charge in [0.2, 0.25) is 0 Å². The summed E-state index contributed by atoms with van der Waals surface area (Å²) in [6.45, 7) is 2.66. The van der Waals surface area contributed by atoms with Gasteiger partial charge in [-0.1, -0.05) is 24.1 Å². The fraction of sp³-hybridized carbons (Fsp3) is 0.318. The number of carbonyl (C=O) groups excluding carboxylic acids is 1. The first-order valence-corrected chi connectivity index (χ1v) is 10.2. The minimum Gasteiger partial charge on any atom is -0.481 e. The Labute approximate surface area is 174 Å². The van der Waals surface area contributed by atoms with E-state index in [1.165, 1.54) is 12.8 Å². The maximum atomic E-state index is 12.4. The molecule has 1 N–H and O–H groups in total. The number of aromatic nitrogens is 3. The highest BCUT2D eigenvalue weighted by atomic mass is 35.5. The molecule has 0 saturated carbocycles. The molecule has 0 saturated heterocycles. The van der Waals surface area contributed by atoms with Crippen LogP contribution >= 0.6 is 11.6 Å². The van der Waals surface area contributed by atoms with Gasteiger partial charge >= 0.3 is 0 Å². The number of rotatable bonds is 5. The van der Waals surface area contributed by atoms with Gasteiger partial charge in [-0.3, -0.25) is 4.79 Å². The lowest BCUT2D eigenvalue weighted by Gasteiger charge is -2.15. The second-order valence-electron chi connectivity index (χ2n) is 7.19. The van der Waals surface area contributed by atoms with E-state index in [9.17, 15) is 4.79 Å². The number of carbonyl (C=O) groups is 1. The van der Waals surface area contributed by atoms with Crippen LogP contribution in [0, 0.1) is 0 Å². The van der Waals surface area contributed by atoms with Crippen molar-refractivity contribution in [1.82, 2.24) is 14.8 Å². The molecule has 29 heavy (non-hydrogen) atoms. The number of fused-ring (bicyclic) bond motifs is 1. The van der Waals surface area contributed by atoms with Crippen molar-refractivity contribution in [2.45, 2.75) is 45.3 Å². The highest BCUT2D eigenvalue weighted by Gasteiger charge is 2.17. The first kappa shape index (κ1) is 19.5. The summed E-state index contributed by atoms with van der Waals surface area (Å²) >= 11 is 5.96. The number of halogens is 1. The number of hydrogen-bond acceptors (Lipinski definition) is 4. The summed E-state index contributed by atoms with van der Waals surface area (Å²) in [4.78, 5) is 12.4. The number of hydrogen-bond donors (Lipinski definition) is 1. The topological polar surface area (TPSA) is 69.0 Å². The molecule has 6 nitrogen and oxygen atoms in total. The van der Waals surface area contributed by atoms with Crippen molar-refractivity contribution in [3.05, 3.63) is 59.4 Å². The lowest BCUT2D eigenvalue weighted by atomic mass is 10.2. The van der Waals surface area contributed by atoms with Gasteiger partial charge in [0, 0.05) is 29.2 Å². The molecule has 2 heterocycles. The van der Waals surface area contributed by atoms with Gasteiger partial charge in [-0.05, 0) is 62.2 Å². The van der Waals surface area contributed by atoms with Crippen molar-refractivity contribution in [2.24, 2.45) is 0 Å². The normalized spacial score (nSPS) is 14.6. The minimum atomic E-state index is -0.652. The van der Waals surface area contributed by atoms with Gasteiger partial charge in [-0.2, -0.15) is 0 Å². The van der Waals surface area contributed by atoms with Gasteiger partial charge in [0.25, 0.3) is 5.91 Å². The zero-order chi connectivity index (χ0) is 20.2. The molecule has 1 unspecified atom stereocenters. The lowest BCUT2D eigenvalue weighted by molar-refractivity contribution is -0.122. The quantitative estimate of drug-likeness (QED) is 0.660. The average Bonchev–Trinajstić information content (AvgIpc) is 2.96. The summed E-state index contributed by atoms with van der Waals surface area (Å²) in [5.74, 6) is 2.27. The second kappa shape index (κ2) is 8.66. The van der Waals surface area contributed by atoms with Gasteiger partial charge in [0.1, 0.15) is 11.6 Å². The Bertz CT molecular complexity index is 1000. The Morgan fingerprint density at radius 2 is 1.97 bits per heavy atom. The van der Waals surface area contributed by atoms with Gasteiger partial charge < -0.3 is 14.6 Å². The number of benzene rings is 2. The van der Waals surface area contributed by atoms with Crippen LogP contribution in [0.5, 0.6) is 5.75 Å². The number of amides is 1. The monoisotopic (exact) mass is 410 g/mol. The van der Waals surface area contributed by atoms with E-state index in [0.717, 1.165) is 36.6 Å². The van der Waals surface area contributed by atoms with Gasteiger partial charge in [-0.25, -0.2) is 0 Å². The largest absolute Gasteiger partial charge is 0.481 e. The van der Waals surface area contributed by atoms with E-state index in [1.807, 2.05) is 24.3 Å². The molecular formula is C22H23ClN4O2. The Balaban J connectivity index is 1.42. The first-order valence-electron chi connectivity index (χ1n) is 9.86. The Morgan fingerprint density at radius 3 is 2.76 bits per heavy atom. The molecule has 7 heteroatoms. The summed E-state index contributed by atoms with van der Waals surface area (Å²) in [5, 5.41) is 12.2. The molecule has 150 valence electrons. The van der Waals surface area contributed by atoms with E-state index in [1.54, 1.807) is 31.2 Å². The summed E-state index contributed by atoms with van der Waals surface area (Å²) in [7, 11) is 0. The van der Waals surface area contributed by atoms with Crippen molar-refractivity contribution in [3.63, 3.8) is 0 Å². The van der Waals surface area contributed by atoms with Crippen molar-refractivity contribution in [2.75, 3.05) is 5.32 Å². The number of aryl methyl sites for hydroxylation is 1. The molecule has 0 fully saturated rings. The van der Waals surface area contributed by atoms with Crippen LogP contribution in [-0.2, 0) is 17.8 Å². The van der Waals surface area contributed by atoms with Gasteiger partial charge in [0.15, 0.2) is 11.9 Å². The smallest absolute Gasteiger partial charge is 0.265 e. The van der Waals surface area contributed by atoms with Crippen LogP contribution in [0.4, 0.5) is 5.69 Å². The van der Waals surface area contributed by atoms with Crippen LogP contribution in [-0.4, -0.2) is 26.8 Å². The molecule has 1 amide bonds. The van der Waals surface area contributed by atoms with E-state index in [-0.39, 0.29) is 5.91 Å². The summed E-state index contributed by atoms with van der Waals surface area (Å²) in [6, 6.07) is 14.7. The van der Waals surface area contributed by atoms with Crippen molar-refractivity contribution >= 4 is 23.2 Å². The Morgan fingerprint density at radius 1 is 1.14 bits per heavy atom. The fourth-order valence-corrected chi connectivity index (χ4v) is 3.62. The van der Waals surface area contributed by atoms with Crippen molar-refractivity contribution < 1.29 is 9.53 Å². The second-order valence-corrected chi connectivity index (χ2v) is 7.62. The molecule has 0 spiro atoms. The average molecular weight is 411 g/mol. The third-order valence-electron chi connectivity index (χ3n) is 5.00. The number of ether oxygens (including phenoxy) is 1. The predicted molar refractivity (Wildman–Crippen MR) is 113 cm³/mol. The molecule has 1 aromatic heterocycles. The SMILES string of the molecule is CC(Oc1cccc(Cl)c1)C(=O)Nc1ccc(-c2nnc3n2CCCCC3)cc1. The molecule has 1 aliphatic rings. The van der Waals surface area contributed by atoms with Crippen LogP contribution < -0.4 is 10.1 Å². The molecule has 0 radical (unpaired) electrons. The molecule has 1 aliphatic heterocycles. The maximum absolute atomic E-state index is 12.4. The Kier molecular flexibility index (Phi) is 5.81. The van der Waals surface area contributed by atoms with E-state index in [4.69, 9.17) is 16.3 Å². The number of nitrogens with one attached hydrogen (secondary N) is 1. The molecule has 0 aliphatic carbocycles. The summed E-state index contributed by atoms with van der Waals surface area (Å²) in [6.07, 6.45) is 3.87. The minimum absolute atomic E-state index is 0.228. The lowest BCUT2D eigenvalue weighted by Crippen LogP contribution is -2.30. The molecule has 3 aromatic rings. The van der Waals surface area contributed by atoms with Crippen LogP contribution in [0.15, 0.2) is 48.5 Å². The molecule has 4 rings (SSSR count). The zero-order valence-electron chi connectivity index (χ0n) is 16.3. The maximum Gasteiger partial charge on any atom is 0.265 e.